The molecule has 0 spiro atoms. The van der Waals surface area contributed by atoms with Crippen LogP contribution in [0.2, 0.25) is 0 Å². The van der Waals surface area contributed by atoms with Crippen molar-refractivity contribution in [3.8, 4) is 0 Å². The number of carbonyl (C=O) groups excluding carboxylic acids is 3. The van der Waals surface area contributed by atoms with Crippen LogP contribution >= 0.6 is 11.8 Å². The number of hydrogen-bond donors (Lipinski definition) is 0. The number of carbonyl (C=O) groups is 3. The van der Waals surface area contributed by atoms with Gasteiger partial charge in [0.05, 0.1) is 4.91 Å². The van der Waals surface area contributed by atoms with Gasteiger partial charge in [0.2, 0.25) is 0 Å². The maximum atomic E-state index is 12.2. The Hall–Kier alpha value is -2.02. The summed E-state index contributed by atoms with van der Waals surface area (Å²) in [5.41, 5.74) is -0.666. The molecule has 0 aliphatic carbocycles. The molecule has 1 aromatic rings. The number of imide groups is 1. The maximum absolute atomic E-state index is 12.2. The van der Waals surface area contributed by atoms with Gasteiger partial charge in [-0.1, -0.05) is 0 Å². The molecule has 0 atom stereocenters. The smallest absolute Gasteiger partial charge is 0.326 e. The summed E-state index contributed by atoms with van der Waals surface area (Å²) in [5.74, 6) is 0.0549. The molecule has 2 amide bonds. The van der Waals surface area contributed by atoms with Crippen LogP contribution in [0.4, 0.5) is 4.79 Å². The third-order valence-electron chi connectivity index (χ3n) is 2.62. The third kappa shape index (κ3) is 4.00. The molecule has 2 heterocycles. The first-order valence-electron chi connectivity index (χ1n) is 6.69. The lowest BCUT2D eigenvalue weighted by atomic mass is 10.2. The van der Waals surface area contributed by atoms with Gasteiger partial charge >= 0.3 is 5.97 Å². The van der Waals surface area contributed by atoms with E-state index in [2.05, 4.69) is 0 Å². The zero-order valence-corrected chi connectivity index (χ0v) is 13.7. The molecule has 1 fully saturated rings. The molecular formula is C15H17NO5S. The molecule has 0 N–H and O–H groups in total. The van der Waals surface area contributed by atoms with Crippen LogP contribution < -0.4 is 0 Å². The lowest BCUT2D eigenvalue weighted by Crippen LogP contribution is -2.37. The summed E-state index contributed by atoms with van der Waals surface area (Å²) >= 11 is 0.777. The van der Waals surface area contributed by atoms with Crippen molar-refractivity contribution in [1.29, 1.82) is 0 Å². The van der Waals surface area contributed by atoms with Gasteiger partial charge in [0, 0.05) is 6.08 Å². The summed E-state index contributed by atoms with van der Waals surface area (Å²) < 4.78 is 10.5. The van der Waals surface area contributed by atoms with E-state index >= 15 is 0 Å². The molecule has 0 aromatic carbocycles. The van der Waals surface area contributed by atoms with Crippen molar-refractivity contribution < 1.29 is 23.5 Å². The van der Waals surface area contributed by atoms with Crippen molar-refractivity contribution in [3.05, 3.63) is 28.6 Å². The summed E-state index contributed by atoms with van der Waals surface area (Å²) in [6.45, 7) is 6.55. The van der Waals surface area contributed by atoms with Crippen molar-refractivity contribution in [3.63, 3.8) is 0 Å². The predicted molar refractivity (Wildman–Crippen MR) is 82.0 cm³/mol. The minimum absolute atomic E-state index is 0.225. The summed E-state index contributed by atoms with van der Waals surface area (Å²) in [5, 5.41) is -0.495. The van der Waals surface area contributed by atoms with Crippen molar-refractivity contribution in [2.45, 2.75) is 33.3 Å². The fraction of sp³-hybridized carbons (Fsp3) is 0.400. The Morgan fingerprint density at radius 2 is 2.05 bits per heavy atom. The number of nitrogens with zero attached hydrogens (tertiary/aromatic N) is 1. The lowest BCUT2D eigenvalue weighted by Gasteiger charge is -2.21. The highest BCUT2D eigenvalue weighted by Gasteiger charge is 2.37. The van der Waals surface area contributed by atoms with Crippen LogP contribution in [-0.4, -0.2) is 34.2 Å². The zero-order valence-electron chi connectivity index (χ0n) is 12.8. The van der Waals surface area contributed by atoms with E-state index in [9.17, 15) is 14.4 Å². The van der Waals surface area contributed by atoms with Crippen LogP contribution in [0.25, 0.3) is 6.08 Å². The average molecular weight is 323 g/mol. The highest BCUT2D eigenvalue weighted by Crippen LogP contribution is 2.32. The quantitative estimate of drug-likeness (QED) is 0.629. The van der Waals surface area contributed by atoms with E-state index in [4.69, 9.17) is 9.15 Å². The zero-order chi connectivity index (χ0) is 16.5. The number of aryl methyl sites for hydroxylation is 1. The minimum atomic E-state index is -0.666. The number of hydrogen-bond acceptors (Lipinski definition) is 6. The second-order valence-electron chi connectivity index (χ2n) is 5.80. The minimum Gasteiger partial charge on any atom is -0.462 e. The molecule has 7 heteroatoms. The van der Waals surface area contributed by atoms with Crippen LogP contribution in [0, 0.1) is 6.92 Å². The normalized spacial score (nSPS) is 17.5. The highest BCUT2D eigenvalue weighted by atomic mass is 32.2. The van der Waals surface area contributed by atoms with Gasteiger partial charge in [-0.05, 0) is 51.6 Å². The first kappa shape index (κ1) is 16.4. The van der Waals surface area contributed by atoms with Gasteiger partial charge in [-0.15, -0.1) is 0 Å². The molecule has 1 aliphatic rings. The summed E-state index contributed by atoms with van der Waals surface area (Å²) in [7, 11) is 0. The Morgan fingerprint density at radius 3 is 2.59 bits per heavy atom. The molecule has 1 aliphatic heterocycles. The van der Waals surface area contributed by atoms with Gasteiger partial charge in [-0.3, -0.25) is 19.3 Å². The van der Waals surface area contributed by atoms with Gasteiger partial charge in [0.25, 0.3) is 11.1 Å². The summed E-state index contributed by atoms with van der Waals surface area (Å²) in [6.07, 6.45) is 1.49. The van der Waals surface area contributed by atoms with Gasteiger partial charge in [0.15, 0.2) is 0 Å². The monoisotopic (exact) mass is 323 g/mol. The molecule has 0 saturated carbocycles. The molecule has 118 valence electrons. The summed E-state index contributed by atoms with van der Waals surface area (Å²) in [4.78, 5) is 36.9. The second-order valence-corrected chi connectivity index (χ2v) is 6.80. The van der Waals surface area contributed by atoms with Gasteiger partial charge < -0.3 is 9.15 Å². The molecule has 1 aromatic heterocycles. The van der Waals surface area contributed by atoms with Crippen molar-refractivity contribution in [2.75, 3.05) is 6.54 Å². The topological polar surface area (TPSA) is 76.8 Å². The van der Waals surface area contributed by atoms with E-state index in [0.717, 1.165) is 16.7 Å². The largest absolute Gasteiger partial charge is 0.462 e. The molecule has 2 rings (SSSR count). The first-order valence-corrected chi connectivity index (χ1v) is 7.51. The third-order valence-corrected chi connectivity index (χ3v) is 3.52. The van der Waals surface area contributed by atoms with Crippen molar-refractivity contribution in [1.82, 2.24) is 4.90 Å². The summed E-state index contributed by atoms with van der Waals surface area (Å²) in [6, 6.07) is 3.47. The van der Waals surface area contributed by atoms with Gasteiger partial charge in [-0.2, -0.15) is 0 Å². The van der Waals surface area contributed by atoms with E-state index in [-0.39, 0.29) is 4.91 Å². The SMILES string of the molecule is Cc1ccc(/C=C2\SC(=O)N(CC(=O)OC(C)(C)C)C2=O)o1. The molecule has 0 radical (unpaired) electrons. The van der Waals surface area contributed by atoms with E-state index in [0.29, 0.717) is 11.5 Å². The van der Waals surface area contributed by atoms with Crippen LogP contribution in [0.1, 0.15) is 32.3 Å². The van der Waals surface area contributed by atoms with E-state index < -0.39 is 29.3 Å². The van der Waals surface area contributed by atoms with E-state index in [1.54, 1.807) is 39.8 Å². The second kappa shape index (κ2) is 6.00. The van der Waals surface area contributed by atoms with Crippen LogP contribution in [0.5, 0.6) is 0 Å². The average Bonchev–Trinajstić information content (AvgIpc) is 2.87. The Morgan fingerprint density at radius 1 is 1.36 bits per heavy atom. The van der Waals surface area contributed by atoms with Crippen LogP contribution in [0.15, 0.2) is 21.5 Å². The number of thioether (sulfide) groups is 1. The maximum Gasteiger partial charge on any atom is 0.326 e. The molecule has 6 nitrogen and oxygen atoms in total. The van der Waals surface area contributed by atoms with E-state index in [1.807, 2.05) is 0 Å². The van der Waals surface area contributed by atoms with Crippen LogP contribution in [-0.2, 0) is 14.3 Å². The predicted octanol–water partition coefficient (Wildman–Crippen LogP) is 2.97. The van der Waals surface area contributed by atoms with Gasteiger partial charge in [0.1, 0.15) is 23.7 Å². The fourth-order valence-electron chi connectivity index (χ4n) is 1.80. The number of amides is 2. The Bertz CT molecular complexity index is 653. The van der Waals surface area contributed by atoms with Crippen molar-refractivity contribution in [2.24, 2.45) is 0 Å². The number of ether oxygens (including phenoxy) is 1. The molecule has 0 bridgehead atoms. The Balaban J connectivity index is 2.09. The standard InChI is InChI=1S/C15H17NO5S/c1-9-5-6-10(20-9)7-11-13(18)16(14(19)22-11)8-12(17)21-15(2,3)4/h5-7H,8H2,1-4H3/b11-7-. The molecule has 22 heavy (non-hydrogen) atoms. The highest BCUT2D eigenvalue weighted by molar-refractivity contribution is 8.18. The number of rotatable bonds is 3. The number of furan rings is 1. The van der Waals surface area contributed by atoms with Gasteiger partial charge in [-0.25, -0.2) is 0 Å². The first-order chi connectivity index (χ1) is 10.2. The molecular weight excluding hydrogens is 306 g/mol. The number of esters is 1. The lowest BCUT2D eigenvalue weighted by molar-refractivity contribution is -0.156. The Labute approximate surface area is 132 Å². The molecule has 1 saturated heterocycles. The fourth-order valence-corrected chi connectivity index (χ4v) is 2.62. The molecule has 0 unspecified atom stereocenters. The van der Waals surface area contributed by atoms with Crippen LogP contribution in [0.3, 0.4) is 0 Å². The van der Waals surface area contributed by atoms with E-state index in [1.165, 1.54) is 6.08 Å². The Kier molecular flexibility index (Phi) is 4.46. The van der Waals surface area contributed by atoms with Crippen molar-refractivity contribution >= 4 is 35.0 Å².